The van der Waals surface area contributed by atoms with E-state index in [1.54, 1.807) is 22.7 Å². The fourth-order valence-corrected chi connectivity index (χ4v) is 5.05. The molecule has 1 aliphatic rings. The van der Waals surface area contributed by atoms with Crippen molar-refractivity contribution in [2.45, 2.75) is 39.2 Å². The van der Waals surface area contributed by atoms with Gasteiger partial charge in [-0.15, -0.1) is 11.3 Å². The lowest BCUT2D eigenvalue weighted by Crippen LogP contribution is -2.42. The Balaban J connectivity index is 1.36. The summed E-state index contributed by atoms with van der Waals surface area (Å²) in [6, 6.07) is 8.26. The molecular formula is C20H22N2O2S2. The van der Waals surface area contributed by atoms with Gasteiger partial charge in [0.15, 0.2) is 0 Å². The predicted octanol–water partition coefficient (Wildman–Crippen LogP) is 4.59. The Morgan fingerprint density at radius 3 is 2.69 bits per heavy atom. The summed E-state index contributed by atoms with van der Waals surface area (Å²) < 4.78 is 7.37. The third kappa shape index (κ3) is 3.62. The van der Waals surface area contributed by atoms with E-state index in [1.165, 1.54) is 15.8 Å². The molecule has 136 valence electrons. The summed E-state index contributed by atoms with van der Waals surface area (Å²) in [6.07, 6.45) is 2.38. The number of likely N-dealkylation sites (tertiary alicyclic amines) is 1. The zero-order chi connectivity index (χ0) is 18.1. The fraction of sp³-hybridized carbons (Fsp3) is 0.400. The number of aryl methyl sites for hydroxylation is 2. The number of hydrogen-bond donors (Lipinski definition) is 0. The Morgan fingerprint density at radius 2 is 2.00 bits per heavy atom. The Kier molecular flexibility index (Phi) is 4.96. The van der Waals surface area contributed by atoms with E-state index in [9.17, 15) is 4.79 Å². The van der Waals surface area contributed by atoms with E-state index in [0.717, 1.165) is 41.5 Å². The zero-order valence-corrected chi connectivity index (χ0v) is 16.7. The molecule has 0 radical (unpaired) electrons. The highest BCUT2D eigenvalue weighted by Crippen LogP contribution is 2.33. The lowest BCUT2D eigenvalue weighted by molar-refractivity contribution is -0.132. The summed E-state index contributed by atoms with van der Waals surface area (Å²) in [7, 11) is 0. The van der Waals surface area contributed by atoms with E-state index in [1.807, 2.05) is 22.4 Å². The van der Waals surface area contributed by atoms with Gasteiger partial charge in [-0.25, -0.2) is 4.98 Å². The molecule has 4 rings (SSSR count). The molecule has 4 nitrogen and oxygen atoms in total. The summed E-state index contributed by atoms with van der Waals surface area (Å²) in [4.78, 5) is 20.2. The monoisotopic (exact) mass is 386 g/mol. The Hall–Kier alpha value is -1.92. The van der Waals surface area contributed by atoms with Crippen LogP contribution in [0.25, 0.3) is 10.2 Å². The smallest absolute Gasteiger partial charge is 0.274 e. The normalized spacial score (nSPS) is 15.5. The van der Waals surface area contributed by atoms with Crippen molar-refractivity contribution in [1.29, 1.82) is 0 Å². The lowest BCUT2D eigenvalue weighted by atomic mass is 10.1. The van der Waals surface area contributed by atoms with Crippen LogP contribution in [0.2, 0.25) is 0 Å². The van der Waals surface area contributed by atoms with Gasteiger partial charge in [0.25, 0.3) is 5.19 Å². The predicted molar refractivity (Wildman–Crippen MR) is 107 cm³/mol. The first-order valence-corrected chi connectivity index (χ1v) is 10.6. The van der Waals surface area contributed by atoms with Gasteiger partial charge in [-0.3, -0.25) is 4.79 Å². The highest BCUT2D eigenvalue weighted by atomic mass is 32.1. The maximum Gasteiger partial charge on any atom is 0.274 e. The number of aromatic nitrogens is 1. The van der Waals surface area contributed by atoms with Crippen molar-refractivity contribution in [3.63, 3.8) is 0 Å². The highest BCUT2D eigenvalue weighted by Gasteiger charge is 2.25. The number of nitrogens with zero attached hydrogens (tertiary/aromatic N) is 2. The summed E-state index contributed by atoms with van der Waals surface area (Å²) in [6.45, 7) is 5.72. The average molecular weight is 387 g/mol. The van der Waals surface area contributed by atoms with Gasteiger partial charge in [-0.2, -0.15) is 0 Å². The Morgan fingerprint density at radius 1 is 1.23 bits per heavy atom. The third-order valence-electron chi connectivity index (χ3n) is 4.89. The van der Waals surface area contributed by atoms with Crippen molar-refractivity contribution in [3.05, 3.63) is 45.6 Å². The van der Waals surface area contributed by atoms with Crippen molar-refractivity contribution in [2.24, 2.45) is 0 Å². The number of fused-ring (bicyclic) bond motifs is 1. The minimum Gasteiger partial charge on any atom is -0.467 e. The highest BCUT2D eigenvalue weighted by molar-refractivity contribution is 7.20. The van der Waals surface area contributed by atoms with Crippen LogP contribution in [-0.4, -0.2) is 35.0 Å². The summed E-state index contributed by atoms with van der Waals surface area (Å²) in [5, 5.41) is 2.77. The number of piperidine rings is 1. The molecule has 1 aromatic carbocycles. The average Bonchev–Trinajstić information content (AvgIpc) is 3.29. The maximum atomic E-state index is 12.4. The quantitative estimate of drug-likeness (QED) is 0.659. The van der Waals surface area contributed by atoms with Gasteiger partial charge in [0.1, 0.15) is 6.10 Å². The zero-order valence-electron chi connectivity index (χ0n) is 15.0. The fourth-order valence-electron chi connectivity index (χ4n) is 3.33. The second kappa shape index (κ2) is 7.37. The molecule has 0 atom stereocenters. The molecule has 1 fully saturated rings. The topological polar surface area (TPSA) is 42.4 Å². The van der Waals surface area contributed by atoms with Gasteiger partial charge in [0.2, 0.25) is 5.91 Å². The van der Waals surface area contributed by atoms with E-state index in [0.29, 0.717) is 6.42 Å². The summed E-state index contributed by atoms with van der Waals surface area (Å²) in [5.41, 5.74) is 3.48. The number of rotatable bonds is 4. The van der Waals surface area contributed by atoms with Crippen molar-refractivity contribution in [3.8, 4) is 5.19 Å². The van der Waals surface area contributed by atoms with Crippen molar-refractivity contribution >= 4 is 38.8 Å². The molecular weight excluding hydrogens is 364 g/mol. The second-order valence-corrected chi connectivity index (χ2v) is 8.80. The van der Waals surface area contributed by atoms with Gasteiger partial charge < -0.3 is 9.64 Å². The molecule has 0 bridgehead atoms. The minimum atomic E-state index is 0.141. The maximum absolute atomic E-state index is 12.4. The first-order chi connectivity index (χ1) is 12.6. The van der Waals surface area contributed by atoms with Crippen LogP contribution in [0.15, 0.2) is 29.6 Å². The molecule has 1 aliphatic heterocycles. The Labute approximate surface area is 161 Å². The molecule has 0 N–H and O–H groups in total. The van der Waals surface area contributed by atoms with Crippen molar-refractivity contribution < 1.29 is 9.53 Å². The molecule has 1 saturated heterocycles. The largest absolute Gasteiger partial charge is 0.467 e. The van der Waals surface area contributed by atoms with Crippen molar-refractivity contribution in [1.82, 2.24) is 9.88 Å². The van der Waals surface area contributed by atoms with Crippen LogP contribution in [0.5, 0.6) is 5.19 Å². The van der Waals surface area contributed by atoms with Crippen LogP contribution < -0.4 is 4.74 Å². The molecule has 26 heavy (non-hydrogen) atoms. The van der Waals surface area contributed by atoms with E-state index in [2.05, 4.69) is 31.0 Å². The van der Waals surface area contributed by atoms with Crippen LogP contribution in [-0.2, 0) is 11.2 Å². The molecule has 2 aromatic heterocycles. The molecule has 3 heterocycles. The number of carbonyl (C=O) groups is 1. The van der Waals surface area contributed by atoms with E-state index in [4.69, 9.17) is 4.74 Å². The molecule has 3 aromatic rings. The Bertz CT molecular complexity index is 870. The lowest BCUT2D eigenvalue weighted by Gasteiger charge is -2.31. The van der Waals surface area contributed by atoms with Gasteiger partial charge >= 0.3 is 0 Å². The van der Waals surface area contributed by atoms with Gasteiger partial charge in [-0.05, 0) is 36.4 Å². The number of amides is 1. The molecule has 0 spiro atoms. The standard InChI is InChI=1S/C20H22N2O2S2/c1-13-5-6-14(2)19-18(13)21-20(26-19)24-15-7-9-22(10-8-15)17(23)12-16-4-3-11-25-16/h3-6,11,15H,7-10,12H2,1-2H3. The van der Waals surface area contributed by atoms with Crippen LogP contribution in [0.1, 0.15) is 28.8 Å². The number of benzene rings is 1. The second-order valence-electron chi connectivity index (χ2n) is 6.81. The first kappa shape index (κ1) is 17.5. The van der Waals surface area contributed by atoms with Crippen LogP contribution >= 0.6 is 22.7 Å². The van der Waals surface area contributed by atoms with Crippen LogP contribution in [0.3, 0.4) is 0 Å². The molecule has 0 aliphatic carbocycles. The van der Waals surface area contributed by atoms with Crippen LogP contribution in [0, 0.1) is 13.8 Å². The minimum absolute atomic E-state index is 0.141. The molecule has 0 unspecified atom stereocenters. The van der Waals surface area contributed by atoms with E-state index in [-0.39, 0.29) is 12.0 Å². The third-order valence-corrected chi connectivity index (χ3v) is 6.85. The number of carbonyl (C=O) groups excluding carboxylic acids is 1. The molecule has 1 amide bonds. The SMILES string of the molecule is Cc1ccc(C)c2sc(OC3CCN(C(=O)Cc4cccs4)CC3)nc12. The van der Waals surface area contributed by atoms with E-state index >= 15 is 0 Å². The first-order valence-electron chi connectivity index (χ1n) is 8.93. The molecule has 6 heteroatoms. The summed E-state index contributed by atoms with van der Waals surface area (Å²) >= 11 is 3.27. The van der Waals surface area contributed by atoms with Gasteiger partial charge in [0, 0.05) is 30.8 Å². The molecule has 0 saturated carbocycles. The number of thiophene rings is 1. The number of ether oxygens (including phenoxy) is 1. The van der Waals surface area contributed by atoms with Gasteiger partial charge in [-0.1, -0.05) is 29.5 Å². The van der Waals surface area contributed by atoms with Crippen molar-refractivity contribution in [2.75, 3.05) is 13.1 Å². The number of hydrogen-bond acceptors (Lipinski definition) is 5. The summed E-state index contributed by atoms with van der Waals surface area (Å²) in [5.74, 6) is 0.220. The number of thiazole rings is 1. The van der Waals surface area contributed by atoms with E-state index < -0.39 is 0 Å². The van der Waals surface area contributed by atoms with Crippen LogP contribution in [0.4, 0.5) is 0 Å². The van der Waals surface area contributed by atoms with Gasteiger partial charge in [0.05, 0.1) is 16.6 Å².